The van der Waals surface area contributed by atoms with Crippen molar-refractivity contribution < 1.29 is 9.21 Å². The van der Waals surface area contributed by atoms with Gasteiger partial charge in [-0.2, -0.15) is 0 Å². The number of benzene rings is 1. The largest absolute Gasteiger partial charge is 0.468 e. The molecule has 2 aromatic rings. The summed E-state index contributed by atoms with van der Waals surface area (Å²) in [4.78, 5) is 12.6. The number of aryl methyl sites for hydroxylation is 1. The Hall–Kier alpha value is -1.72. The van der Waals surface area contributed by atoms with Gasteiger partial charge in [0.05, 0.1) is 17.6 Å². The lowest BCUT2D eigenvalue weighted by atomic mass is 10.2. The van der Waals surface area contributed by atoms with E-state index in [1.54, 1.807) is 17.8 Å². The summed E-state index contributed by atoms with van der Waals surface area (Å²) < 4.78 is 5.30. The van der Waals surface area contributed by atoms with Crippen molar-refractivity contribution in [2.24, 2.45) is 5.84 Å². The average molecular weight is 262 g/mol. The van der Waals surface area contributed by atoms with Crippen LogP contribution in [0.4, 0.5) is 0 Å². The van der Waals surface area contributed by atoms with Crippen molar-refractivity contribution in [1.29, 1.82) is 0 Å². The number of thioether (sulfide) groups is 1. The Bertz CT molecular complexity index is 534. The fourth-order valence-electron chi connectivity index (χ4n) is 1.52. The molecule has 0 unspecified atom stereocenters. The van der Waals surface area contributed by atoms with Crippen LogP contribution in [0.15, 0.2) is 45.9 Å². The Balaban J connectivity index is 2.04. The van der Waals surface area contributed by atoms with E-state index in [1.807, 2.05) is 19.1 Å². The molecule has 0 saturated carbocycles. The van der Waals surface area contributed by atoms with E-state index in [2.05, 4.69) is 17.6 Å². The topological polar surface area (TPSA) is 68.3 Å². The highest BCUT2D eigenvalue weighted by Gasteiger charge is 2.13. The molecule has 1 aromatic carbocycles. The maximum absolute atomic E-state index is 11.4. The summed E-state index contributed by atoms with van der Waals surface area (Å²) in [5, 5.41) is 0. The maximum Gasteiger partial charge on any atom is 0.268 e. The van der Waals surface area contributed by atoms with Crippen LogP contribution in [-0.2, 0) is 5.75 Å². The van der Waals surface area contributed by atoms with Crippen LogP contribution < -0.4 is 11.3 Å². The number of nitrogen functional groups attached to an aromatic ring is 1. The molecule has 1 aromatic heterocycles. The van der Waals surface area contributed by atoms with Crippen LogP contribution in [0.2, 0.25) is 0 Å². The molecule has 1 heterocycles. The molecule has 0 aliphatic carbocycles. The van der Waals surface area contributed by atoms with Crippen molar-refractivity contribution in [1.82, 2.24) is 5.43 Å². The van der Waals surface area contributed by atoms with Gasteiger partial charge in [0.1, 0.15) is 5.76 Å². The lowest BCUT2D eigenvalue weighted by Gasteiger charge is -2.02. The third kappa shape index (κ3) is 2.94. The summed E-state index contributed by atoms with van der Waals surface area (Å²) >= 11 is 1.61. The van der Waals surface area contributed by atoms with Gasteiger partial charge in [0.15, 0.2) is 0 Å². The first-order valence-electron chi connectivity index (χ1n) is 5.47. The number of carbonyl (C=O) groups is 1. The third-order valence-corrected chi connectivity index (χ3v) is 3.52. The van der Waals surface area contributed by atoms with Crippen LogP contribution in [-0.4, -0.2) is 5.91 Å². The zero-order valence-corrected chi connectivity index (χ0v) is 10.8. The third-order valence-electron chi connectivity index (χ3n) is 2.51. The molecule has 3 N–H and O–H groups in total. The van der Waals surface area contributed by atoms with Gasteiger partial charge >= 0.3 is 0 Å². The summed E-state index contributed by atoms with van der Waals surface area (Å²) in [6.45, 7) is 2.05. The van der Waals surface area contributed by atoms with Crippen molar-refractivity contribution in [2.45, 2.75) is 17.6 Å². The number of rotatable bonds is 4. The van der Waals surface area contributed by atoms with E-state index >= 15 is 0 Å². The SMILES string of the molecule is Cc1ccc(SCc2occc2C(=O)NN)cc1. The first-order valence-corrected chi connectivity index (χ1v) is 6.46. The van der Waals surface area contributed by atoms with Gasteiger partial charge in [0.2, 0.25) is 0 Å². The lowest BCUT2D eigenvalue weighted by Crippen LogP contribution is -2.30. The normalized spacial score (nSPS) is 10.3. The lowest BCUT2D eigenvalue weighted by molar-refractivity contribution is 0.0952. The Morgan fingerprint density at radius 3 is 2.72 bits per heavy atom. The second kappa shape index (κ2) is 5.75. The number of hydrazine groups is 1. The predicted molar refractivity (Wildman–Crippen MR) is 71.1 cm³/mol. The second-order valence-electron chi connectivity index (χ2n) is 3.83. The molecule has 0 aliphatic rings. The van der Waals surface area contributed by atoms with Crippen LogP contribution in [0.3, 0.4) is 0 Å². The standard InChI is InChI=1S/C13H14N2O2S/c1-9-2-4-10(5-3-9)18-8-12-11(6-7-17-12)13(16)15-14/h2-7H,8,14H2,1H3,(H,15,16). The molecule has 0 bridgehead atoms. The molecule has 0 fully saturated rings. The molecule has 0 atom stereocenters. The number of hydrogen-bond donors (Lipinski definition) is 2. The Labute approximate surface area is 110 Å². The van der Waals surface area contributed by atoms with Crippen molar-refractivity contribution in [3.63, 3.8) is 0 Å². The highest BCUT2D eigenvalue weighted by Crippen LogP contribution is 2.25. The molecule has 0 saturated heterocycles. The molecular weight excluding hydrogens is 248 g/mol. The minimum absolute atomic E-state index is 0.330. The highest BCUT2D eigenvalue weighted by atomic mass is 32.2. The monoisotopic (exact) mass is 262 g/mol. The average Bonchev–Trinajstić information content (AvgIpc) is 2.85. The Morgan fingerprint density at radius 2 is 2.06 bits per heavy atom. The van der Waals surface area contributed by atoms with Crippen molar-refractivity contribution >= 4 is 17.7 Å². The van der Waals surface area contributed by atoms with Crippen LogP contribution >= 0.6 is 11.8 Å². The van der Waals surface area contributed by atoms with Gasteiger partial charge in [-0.25, -0.2) is 5.84 Å². The molecule has 18 heavy (non-hydrogen) atoms. The predicted octanol–water partition coefficient (Wildman–Crippen LogP) is 2.48. The van der Waals surface area contributed by atoms with Crippen LogP contribution in [0.5, 0.6) is 0 Å². The van der Waals surface area contributed by atoms with E-state index in [9.17, 15) is 4.79 Å². The Morgan fingerprint density at radius 1 is 1.33 bits per heavy atom. The van der Waals surface area contributed by atoms with Gasteiger partial charge in [0, 0.05) is 4.90 Å². The molecule has 0 aliphatic heterocycles. The summed E-state index contributed by atoms with van der Waals surface area (Å²) in [5.41, 5.74) is 3.81. The van der Waals surface area contributed by atoms with E-state index in [0.717, 1.165) is 4.90 Å². The minimum Gasteiger partial charge on any atom is -0.468 e. The highest BCUT2D eigenvalue weighted by molar-refractivity contribution is 7.98. The van der Waals surface area contributed by atoms with E-state index in [0.29, 0.717) is 17.1 Å². The summed E-state index contributed by atoms with van der Waals surface area (Å²) in [6, 6.07) is 9.82. The summed E-state index contributed by atoms with van der Waals surface area (Å²) in [5.74, 6) is 6.00. The van der Waals surface area contributed by atoms with Gasteiger partial charge in [0.25, 0.3) is 5.91 Å². The molecule has 94 valence electrons. The molecule has 4 nitrogen and oxygen atoms in total. The number of hydrogen-bond acceptors (Lipinski definition) is 4. The van der Waals surface area contributed by atoms with Crippen LogP contribution in [0.25, 0.3) is 0 Å². The molecular formula is C13H14N2O2S. The second-order valence-corrected chi connectivity index (χ2v) is 4.88. The van der Waals surface area contributed by atoms with Gasteiger partial charge in [-0.05, 0) is 25.1 Å². The molecule has 0 radical (unpaired) electrons. The number of carbonyl (C=O) groups excluding carboxylic acids is 1. The molecule has 2 rings (SSSR count). The zero-order chi connectivity index (χ0) is 13.0. The summed E-state index contributed by atoms with van der Waals surface area (Å²) in [6.07, 6.45) is 1.50. The molecule has 0 spiro atoms. The van der Waals surface area contributed by atoms with Crippen molar-refractivity contribution in [3.05, 3.63) is 53.5 Å². The minimum atomic E-state index is -0.330. The molecule has 5 heteroatoms. The van der Waals surface area contributed by atoms with Crippen LogP contribution in [0.1, 0.15) is 21.7 Å². The first kappa shape index (κ1) is 12.7. The van der Waals surface area contributed by atoms with E-state index in [-0.39, 0.29) is 5.91 Å². The number of furan rings is 1. The summed E-state index contributed by atoms with van der Waals surface area (Å²) in [7, 11) is 0. The van der Waals surface area contributed by atoms with Gasteiger partial charge < -0.3 is 4.42 Å². The van der Waals surface area contributed by atoms with Gasteiger partial charge in [-0.3, -0.25) is 10.2 Å². The fourth-order valence-corrected chi connectivity index (χ4v) is 2.37. The first-order chi connectivity index (χ1) is 8.70. The van der Waals surface area contributed by atoms with E-state index in [4.69, 9.17) is 10.3 Å². The van der Waals surface area contributed by atoms with Gasteiger partial charge in [-0.1, -0.05) is 17.7 Å². The zero-order valence-electron chi connectivity index (χ0n) is 9.97. The van der Waals surface area contributed by atoms with Crippen molar-refractivity contribution in [3.8, 4) is 0 Å². The molecule has 1 amide bonds. The van der Waals surface area contributed by atoms with Crippen LogP contribution in [0, 0.1) is 6.92 Å². The van der Waals surface area contributed by atoms with Crippen molar-refractivity contribution in [2.75, 3.05) is 0 Å². The number of amides is 1. The van der Waals surface area contributed by atoms with Gasteiger partial charge in [-0.15, -0.1) is 11.8 Å². The smallest absolute Gasteiger partial charge is 0.268 e. The maximum atomic E-state index is 11.4. The van der Waals surface area contributed by atoms with E-state index in [1.165, 1.54) is 11.8 Å². The quantitative estimate of drug-likeness (QED) is 0.384. The number of nitrogens with two attached hydrogens (primary N) is 1. The number of nitrogens with one attached hydrogen (secondary N) is 1. The van der Waals surface area contributed by atoms with E-state index < -0.39 is 0 Å². The Kier molecular flexibility index (Phi) is 4.07. The fraction of sp³-hybridized carbons (Fsp3) is 0.154.